The van der Waals surface area contributed by atoms with E-state index in [9.17, 15) is 14.4 Å². The average molecular weight is 341 g/mol. The molecule has 1 rings (SSSR count). The maximum Gasteiger partial charge on any atom is 0.315 e. The molecule has 0 bridgehead atoms. The van der Waals surface area contributed by atoms with Gasteiger partial charge in [0.25, 0.3) is 0 Å². The Balaban J connectivity index is 1.94. The van der Waals surface area contributed by atoms with Gasteiger partial charge in [-0.3, -0.25) is 9.59 Å². The second-order valence-corrected chi connectivity index (χ2v) is 6.59. The summed E-state index contributed by atoms with van der Waals surface area (Å²) in [6.45, 7) is 2.33. The van der Waals surface area contributed by atoms with Crippen LogP contribution in [0.3, 0.4) is 0 Å². The van der Waals surface area contributed by atoms with E-state index in [4.69, 9.17) is 5.11 Å². The Hall–Kier alpha value is -1.79. The Morgan fingerprint density at radius 3 is 2.42 bits per heavy atom. The molecular formula is C17H31N3O4. The van der Waals surface area contributed by atoms with Gasteiger partial charge in [0.1, 0.15) is 0 Å². The van der Waals surface area contributed by atoms with Gasteiger partial charge >= 0.3 is 12.0 Å². The molecule has 138 valence electrons. The first kappa shape index (κ1) is 20.3. The van der Waals surface area contributed by atoms with Gasteiger partial charge in [0.05, 0.1) is 5.92 Å². The highest BCUT2D eigenvalue weighted by Crippen LogP contribution is 2.17. The predicted molar refractivity (Wildman–Crippen MR) is 91.7 cm³/mol. The number of carbonyl (C=O) groups excluding carboxylic acids is 2. The summed E-state index contributed by atoms with van der Waals surface area (Å²) in [5, 5.41) is 17.2. The highest BCUT2D eigenvalue weighted by molar-refractivity contribution is 5.77. The van der Waals surface area contributed by atoms with Gasteiger partial charge in [0.2, 0.25) is 5.91 Å². The number of amides is 3. The highest BCUT2D eigenvalue weighted by atomic mass is 16.4. The van der Waals surface area contributed by atoms with Crippen molar-refractivity contribution in [3.8, 4) is 0 Å². The maximum absolute atomic E-state index is 11.7. The quantitative estimate of drug-likeness (QED) is 0.456. The van der Waals surface area contributed by atoms with Crippen LogP contribution in [0.5, 0.6) is 0 Å². The van der Waals surface area contributed by atoms with Crippen LogP contribution in [0.4, 0.5) is 4.79 Å². The fraction of sp³-hybridized carbons (Fsp3) is 0.824. The maximum atomic E-state index is 11.7. The Bertz CT molecular complexity index is 409. The van der Waals surface area contributed by atoms with E-state index in [1.54, 1.807) is 6.92 Å². The molecule has 0 heterocycles. The van der Waals surface area contributed by atoms with E-state index in [1.807, 2.05) is 0 Å². The van der Waals surface area contributed by atoms with E-state index in [0.29, 0.717) is 19.0 Å². The summed E-state index contributed by atoms with van der Waals surface area (Å²) < 4.78 is 0. The molecule has 4 N–H and O–H groups in total. The normalized spacial score (nSPS) is 16.2. The Labute approximate surface area is 144 Å². The van der Waals surface area contributed by atoms with Crippen LogP contribution < -0.4 is 16.0 Å². The summed E-state index contributed by atoms with van der Waals surface area (Å²) >= 11 is 0. The number of hydrogen-bond donors (Lipinski definition) is 4. The first-order valence-corrected chi connectivity index (χ1v) is 9.03. The van der Waals surface area contributed by atoms with Crippen molar-refractivity contribution < 1.29 is 19.5 Å². The van der Waals surface area contributed by atoms with E-state index in [-0.39, 0.29) is 18.5 Å². The minimum absolute atomic E-state index is 0.0951. The molecule has 0 aliphatic heterocycles. The van der Waals surface area contributed by atoms with Crippen LogP contribution in [-0.4, -0.2) is 42.1 Å². The predicted octanol–water partition coefficient (Wildman–Crippen LogP) is 2.02. The third kappa shape index (κ3) is 9.37. The molecule has 1 fully saturated rings. The summed E-state index contributed by atoms with van der Waals surface area (Å²) in [5.41, 5.74) is 0. The van der Waals surface area contributed by atoms with Gasteiger partial charge in [-0.15, -0.1) is 0 Å². The molecule has 1 aliphatic rings. The zero-order chi connectivity index (χ0) is 17.8. The molecule has 0 aromatic rings. The Morgan fingerprint density at radius 2 is 1.75 bits per heavy atom. The minimum Gasteiger partial charge on any atom is -0.481 e. The van der Waals surface area contributed by atoms with Crippen LogP contribution >= 0.6 is 0 Å². The molecule has 0 radical (unpaired) electrons. The van der Waals surface area contributed by atoms with E-state index < -0.39 is 11.9 Å². The molecule has 1 unspecified atom stereocenters. The lowest BCUT2D eigenvalue weighted by molar-refractivity contribution is -0.141. The standard InChI is InChI=1S/C17H31N3O4/c1-13(16(22)23)12-19-15(21)10-6-3-7-11-18-17(24)20-14-8-4-2-5-9-14/h13-14H,2-12H2,1H3,(H,19,21)(H,22,23)(H2,18,20,24). The summed E-state index contributed by atoms with van der Waals surface area (Å²) in [4.78, 5) is 33.9. The number of urea groups is 1. The summed E-state index contributed by atoms with van der Waals surface area (Å²) in [6.07, 6.45) is 8.60. The lowest BCUT2D eigenvalue weighted by atomic mass is 9.96. The van der Waals surface area contributed by atoms with Gasteiger partial charge in [-0.1, -0.05) is 32.6 Å². The van der Waals surface area contributed by atoms with Gasteiger partial charge in [0.15, 0.2) is 0 Å². The lowest BCUT2D eigenvalue weighted by Gasteiger charge is -2.22. The molecular weight excluding hydrogens is 310 g/mol. The molecule has 0 saturated heterocycles. The van der Waals surface area contributed by atoms with Crippen LogP contribution in [0, 0.1) is 5.92 Å². The summed E-state index contributed by atoms with van der Waals surface area (Å²) in [5.74, 6) is -1.60. The largest absolute Gasteiger partial charge is 0.481 e. The van der Waals surface area contributed by atoms with Crippen molar-refractivity contribution in [2.45, 2.75) is 70.8 Å². The van der Waals surface area contributed by atoms with Crippen molar-refractivity contribution in [1.82, 2.24) is 16.0 Å². The molecule has 0 spiro atoms. The highest BCUT2D eigenvalue weighted by Gasteiger charge is 2.15. The smallest absolute Gasteiger partial charge is 0.315 e. The molecule has 7 heteroatoms. The monoisotopic (exact) mass is 341 g/mol. The first-order chi connectivity index (χ1) is 11.5. The second-order valence-electron chi connectivity index (χ2n) is 6.59. The van der Waals surface area contributed by atoms with Crippen LogP contribution in [0.2, 0.25) is 0 Å². The molecule has 0 aromatic heterocycles. The van der Waals surface area contributed by atoms with Crippen molar-refractivity contribution in [3.63, 3.8) is 0 Å². The molecule has 1 atom stereocenters. The Morgan fingerprint density at radius 1 is 1.04 bits per heavy atom. The average Bonchev–Trinajstić information content (AvgIpc) is 2.56. The third-order valence-electron chi connectivity index (χ3n) is 4.33. The molecule has 1 aliphatic carbocycles. The van der Waals surface area contributed by atoms with Crippen molar-refractivity contribution in [3.05, 3.63) is 0 Å². The van der Waals surface area contributed by atoms with E-state index in [2.05, 4.69) is 16.0 Å². The number of nitrogens with one attached hydrogen (secondary N) is 3. The number of aliphatic carboxylic acids is 1. The number of carbonyl (C=O) groups is 3. The Kier molecular flexibility index (Phi) is 9.88. The van der Waals surface area contributed by atoms with Gasteiger partial charge in [-0.05, 0) is 25.7 Å². The topological polar surface area (TPSA) is 108 Å². The fourth-order valence-electron chi connectivity index (χ4n) is 2.72. The van der Waals surface area contributed by atoms with Crippen molar-refractivity contribution in [2.75, 3.05) is 13.1 Å². The number of carboxylic acids is 1. The van der Waals surface area contributed by atoms with Crippen molar-refractivity contribution >= 4 is 17.9 Å². The lowest BCUT2D eigenvalue weighted by Crippen LogP contribution is -2.43. The molecule has 3 amide bonds. The number of hydrogen-bond acceptors (Lipinski definition) is 3. The zero-order valence-electron chi connectivity index (χ0n) is 14.6. The molecule has 0 aromatic carbocycles. The van der Waals surface area contributed by atoms with Gasteiger partial charge in [-0.2, -0.15) is 0 Å². The number of unbranched alkanes of at least 4 members (excludes halogenated alkanes) is 2. The van der Waals surface area contributed by atoms with Crippen molar-refractivity contribution in [1.29, 1.82) is 0 Å². The SMILES string of the molecule is CC(CNC(=O)CCCCCNC(=O)NC1CCCCC1)C(=O)O. The van der Waals surface area contributed by atoms with Crippen molar-refractivity contribution in [2.24, 2.45) is 5.92 Å². The summed E-state index contributed by atoms with van der Waals surface area (Å²) in [7, 11) is 0. The fourth-order valence-corrected chi connectivity index (χ4v) is 2.72. The number of carboxylic acid groups (broad SMARTS) is 1. The summed E-state index contributed by atoms with van der Waals surface area (Å²) in [6, 6.07) is 0.220. The molecule has 7 nitrogen and oxygen atoms in total. The van der Waals surface area contributed by atoms with Crippen LogP contribution in [0.1, 0.15) is 64.7 Å². The van der Waals surface area contributed by atoms with Gasteiger partial charge < -0.3 is 21.1 Å². The van der Waals surface area contributed by atoms with Crippen LogP contribution in [0.25, 0.3) is 0 Å². The minimum atomic E-state index is -0.909. The first-order valence-electron chi connectivity index (χ1n) is 9.03. The van der Waals surface area contributed by atoms with E-state index in [1.165, 1.54) is 19.3 Å². The zero-order valence-corrected chi connectivity index (χ0v) is 14.6. The van der Waals surface area contributed by atoms with Crippen LogP contribution in [-0.2, 0) is 9.59 Å². The second kappa shape index (κ2) is 11.7. The van der Waals surface area contributed by atoms with Gasteiger partial charge in [-0.25, -0.2) is 4.79 Å². The van der Waals surface area contributed by atoms with E-state index in [0.717, 1.165) is 32.1 Å². The molecule has 1 saturated carbocycles. The third-order valence-corrected chi connectivity index (χ3v) is 4.33. The van der Waals surface area contributed by atoms with E-state index >= 15 is 0 Å². The van der Waals surface area contributed by atoms with Crippen LogP contribution in [0.15, 0.2) is 0 Å². The number of rotatable bonds is 10. The van der Waals surface area contributed by atoms with Gasteiger partial charge in [0, 0.05) is 25.6 Å². The molecule has 24 heavy (non-hydrogen) atoms.